The van der Waals surface area contributed by atoms with Crippen molar-refractivity contribution >= 4 is 15.7 Å². The van der Waals surface area contributed by atoms with E-state index in [2.05, 4.69) is 16.3 Å². The van der Waals surface area contributed by atoms with Crippen molar-refractivity contribution in [3.8, 4) is 11.5 Å². The summed E-state index contributed by atoms with van der Waals surface area (Å²) < 4.78 is 36.6. The van der Waals surface area contributed by atoms with Gasteiger partial charge in [-0.1, -0.05) is 18.2 Å². The third kappa shape index (κ3) is 3.01. The lowest BCUT2D eigenvalue weighted by molar-refractivity contribution is 0.171. The van der Waals surface area contributed by atoms with Crippen LogP contribution < -0.4 is 13.8 Å². The van der Waals surface area contributed by atoms with Crippen LogP contribution in [0.25, 0.3) is 0 Å². The van der Waals surface area contributed by atoms with E-state index in [-0.39, 0.29) is 12.1 Å². The van der Waals surface area contributed by atoms with E-state index in [0.717, 1.165) is 46.7 Å². The summed E-state index contributed by atoms with van der Waals surface area (Å²) in [6.45, 7) is 1.64. The number of ether oxygens (including phenoxy) is 2. The summed E-state index contributed by atoms with van der Waals surface area (Å²) in [5, 5.41) is 8.97. The van der Waals surface area contributed by atoms with E-state index < -0.39 is 10.0 Å². The first-order chi connectivity index (χ1) is 13.5. The van der Waals surface area contributed by atoms with Crippen molar-refractivity contribution in [3.05, 3.63) is 53.1 Å². The van der Waals surface area contributed by atoms with E-state index in [9.17, 15) is 8.42 Å². The van der Waals surface area contributed by atoms with Crippen molar-refractivity contribution in [2.24, 2.45) is 10.2 Å². The van der Waals surface area contributed by atoms with Gasteiger partial charge in [-0.15, -0.1) is 0 Å². The van der Waals surface area contributed by atoms with E-state index in [1.165, 1.54) is 10.6 Å². The van der Waals surface area contributed by atoms with E-state index in [1.54, 1.807) is 0 Å². The molecule has 146 valence electrons. The first-order valence-corrected chi connectivity index (χ1v) is 11.2. The second kappa shape index (κ2) is 6.48. The van der Waals surface area contributed by atoms with Crippen molar-refractivity contribution < 1.29 is 17.9 Å². The fourth-order valence-electron chi connectivity index (χ4n) is 4.08. The van der Waals surface area contributed by atoms with Crippen LogP contribution in [0.1, 0.15) is 35.2 Å². The molecule has 0 saturated heterocycles. The number of fused-ring (bicyclic) bond motifs is 2. The van der Waals surface area contributed by atoms with Crippen molar-refractivity contribution in [2.75, 3.05) is 30.3 Å². The fourth-order valence-corrected chi connectivity index (χ4v) is 5.04. The van der Waals surface area contributed by atoms with Crippen LogP contribution in [0.3, 0.4) is 0 Å². The maximum absolute atomic E-state index is 11.9. The van der Waals surface area contributed by atoms with Crippen molar-refractivity contribution in [1.29, 1.82) is 0 Å². The van der Waals surface area contributed by atoms with Gasteiger partial charge in [-0.05, 0) is 41.3 Å². The van der Waals surface area contributed by atoms with Gasteiger partial charge in [0, 0.05) is 13.0 Å². The van der Waals surface area contributed by atoms with Crippen LogP contribution in [-0.4, -0.2) is 34.4 Å². The Balaban J connectivity index is 1.35. The fraction of sp³-hybridized carbons (Fsp3) is 0.400. The molecule has 0 N–H and O–H groups in total. The van der Waals surface area contributed by atoms with Gasteiger partial charge in [0.05, 0.1) is 24.0 Å². The van der Waals surface area contributed by atoms with Crippen molar-refractivity contribution in [2.45, 2.75) is 24.9 Å². The van der Waals surface area contributed by atoms with Crippen LogP contribution in [0.4, 0.5) is 5.69 Å². The Hall–Kier alpha value is -2.61. The summed E-state index contributed by atoms with van der Waals surface area (Å²) in [7, 11) is -3.23. The van der Waals surface area contributed by atoms with Gasteiger partial charge >= 0.3 is 0 Å². The highest BCUT2D eigenvalue weighted by atomic mass is 32.2. The highest BCUT2D eigenvalue weighted by molar-refractivity contribution is 7.92. The number of hydrogen-bond donors (Lipinski definition) is 0. The van der Waals surface area contributed by atoms with Crippen LogP contribution in [0.15, 0.2) is 46.6 Å². The molecule has 3 aliphatic rings. The standard InChI is InChI=1S/C20H21N3O4S/c1-28(24,25)23-7-6-15-10-13(2-4-18(15)23)16-12-17(22-21-16)14-3-5-19-20(11-14)27-9-8-26-19/h2-5,10-11,16-17H,6-9,12H2,1H3. The summed E-state index contributed by atoms with van der Waals surface area (Å²) in [5.74, 6) is 1.54. The number of sulfonamides is 1. The number of azo groups is 1. The van der Waals surface area contributed by atoms with Crippen molar-refractivity contribution in [1.82, 2.24) is 0 Å². The van der Waals surface area contributed by atoms with Gasteiger partial charge in [0.25, 0.3) is 0 Å². The molecule has 0 fully saturated rings. The molecule has 2 aromatic carbocycles. The Bertz CT molecular complexity index is 1070. The normalized spacial score (nSPS) is 23.1. The monoisotopic (exact) mass is 399 g/mol. The molecule has 5 rings (SSSR count). The molecule has 2 unspecified atom stereocenters. The van der Waals surface area contributed by atoms with Gasteiger partial charge < -0.3 is 9.47 Å². The van der Waals surface area contributed by atoms with Crippen LogP contribution in [0.5, 0.6) is 11.5 Å². The zero-order chi connectivity index (χ0) is 19.3. The predicted octanol–water partition coefficient (Wildman–Crippen LogP) is 3.42. The topological polar surface area (TPSA) is 80.6 Å². The number of rotatable bonds is 3. The van der Waals surface area contributed by atoms with Crippen LogP contribution >= 0.6 is 0 Å². The molecule has 7 nitrogen and oxygen atoms in total. The zero-order valence-corrected chi connectivity index (χ0v) is 16.4. The lowest BCUT2D eigenvalue weighted by atomic mass is 9.95. The van der Waals surface area contributed by atoms with Gasteiger partial charge in [0.15, 0.2) is 11.5 Å². The van der Waals surface area contributed by atoms with Gasteiger partial charge in [0.1, 0.15) is 13.2 Å². The van der Waals surface area contributed by atoms with Gasteiger partial charge in [0.2, 0.25) is 10.0 Å². The minimum Gasteiger partial charge on any atom is -0.486 e. The average molecular weight is 399 g/mol. The molecule has 2 atom stereocenters. The first-order valence-electron chi connectivity index (χ1n) is 9.39. The molecule has 0 spiro atoms. The second-order valence-electron chi connectivity index (χ2n) is 7.37. The summed E-state index contributed by atoms with van der Waals surface area (Å²) in [5.41, 5.74) is 3.99. The Labute approximate surface area is 164 Å². The molecule has 2 aromatic rings. The lowest BCUT2D eigenvalue weighted by Gasteiger charge is -2.19. The number of nitrogens with zero attached hydrogens (tertiary/aromatic N) is 3. The minimum absolute atomic E-state index is 0.0124. The second-order valence-corrected chi connectivity index (χ2v) is 9.28. The molecule has 0 radical (unpaired) electrons. The van der Waals surface area contributed by atoms with Gasteiger partial charge in [-0.3, -0.25) is 4.31 Å². The highest BCUT2D eigenvalue weighted by Gasteiger charge is 2.30. The Kier molecular flexibility index (Phi) is 4.04. The molecule has 0 saturated carbocycles. The minimum atomic E-state index is -3.23. The van der Waals surface area contributed by atoms with Gasteiger partial charge in [-0.25, -0.2) is 8.42 Å². The third-order valence-corrected chi connectivity index (χ3v) is 6.66. The third-order valence-electron chi connectivity index (χ3n) is 5.48. The number of benzene rings is 2. The molecule has 0 bridgehead atoms. The Morgan fingerprint density at radius 2 is 1.64 bits per heavy atom. The molecule has 3 heterocycles. The summed E-state index contributed by atoms with van der Waals surface area (Å²) in [4.78, 5) is 0. The molecular weight excluding hydrogens is 378 g/mol. The summed E-state index contributed by atoms with van der Waals surface area (Å²) in [6.07, 6.45) is 2.76. The first kappa shape index (κ1) is 17.5. The van der Waals surface area contributed by atoms with Crippen molar-refractivity contribution in [3.63, 3.8) is 0 Å². The summed E-state index contributed by atoms with van der Waals surface area (Å²) in [6, 6.07) is 11.9. The highest BCUT2D eigenvalue weighted by Crippen LogP contribution is 2.43. The van der Waals surface area contributed by atoms with E-state index >= 15 is 0 Å². The SMILES string of the molecule is CS(=O)(=O)N1CCc2cc(C3CC(c4ccc5c(c4)OCCO5)N=N3)ccc21. The Morgan fingerprint density at radius 1 is 0.964 bits per heavy atom. The van der Waals surface area contributed by atoms with Crippen LogP contribution in [0.2, 0.25) is 0 Å². The molecule has 28 heavy (non-hydrogen) atoms. The van der Waals surface area contributed by atoms with E-state index in [1.807, 2.05) is 30.3 Å². The number of hydrogen-bond acceptors (Lipinski definition) is 6. The molecule has 0 amide bonds. The predicted molar refractivity (Wildman–Crippen MR) is 105 cm³/mol. The number of anilines is 1. The molecule has 3 aliphatic heterocycles. The van der Waals surface area contributed by atoms with E-state index in [0.29, 0.717) is 19.8 Å². The Morgan fingerprint density at radius 3 is 2.39 bits per heavy atom. The zero-order valence-electron chi connectivity index (χ0n) is 15.5. The molecule has 0 aromatic heterocycles. The largest absolute Gasteiger partial charge is 0.486 e. The van der Waals surface area contributed by atoms with Crippen LogP contribution in [0, 0.1) is 0 Å². The smallest absolute Gasteiger partial charge is 0.232 e. The molecular formula is C20H21N3O4S. The summed E-state index contributed by atoms with van der Waals surface area (Å²) >= 11 is 0. The van der Waals surface area contributed by atoms with E-state index in [4.69, 9.17) is 9.47 Å². The average Bonchev–Trinajstić information content (AvgIpc) is 3.34. The maximum atomic E-state index is 11.9. The molecule has 8 heteroatoms. The molecule has 0 aliphatic carbocycles. The lowest BCUT2D eigenvalue weighted by Crippen LogP contribution is -2.27. The van der Waals surface area contributed by atoms with Gasteiger partial charge in [-0.2, -0.15) is 10.2 Å². The van der Waals surface area contributed by atoms with Crippen LogP contribution in [-0.2, 0) is 16.4 Å². The quantitative estimate of drug-likeness (QED) is 0.792. The maximum Gasteiger partial charge on any atom is 0.232 e.